The van der Waals surface area contributed by atoms with Gasteiger partial charge in [0.15, 0.2) is 0 Å². The average Bonchev–Trinajstić information content (AvgIpc) is 3.14. The number of alkyl halides is 3. The molecule has 1 aromatic heterocycles. The van der Waals surface area contributed by atoms with Crippen LogP contribution < -0.4 is 9.64 Å². The van der Waals surface area contributed by atoms with Crippen LogP contribution in [0.1, 0.15) is 22.5 Å². The van der Waals surface area contributed by atoms with Gasteiger partial charge in [0, 0.05) is 25.2 Å². The highest BCUT2D eigenvalue weighted by atomic mass is 19.4. The Hall–Kier alpha value is -3.03. The van der Waals surface area contributed by atoms with Gasteiger partial charge in [-0.05, 0) is 48.4 Å². The van der Waals surface area contributed by atoms with Gasteiger partial charge in [0.25, 0.3) is 0 Å². The quantitative estimate of drug-likeness (QED) is 0.644. The molecule has 0 amide bonds. The number of aryl methyl sites for hydroxylation is 2. The zero-order valence-corrected chi connectivity index (χ0v) is 16.0. The Bertz CT molecular complexity index is 982. The van der Waals surface area contributed by atoms with E-state index in [1.165, 1.54) is 12.1 Å². The lowest BCUT2D eigenvalue weighted by atomic mass is 10.1. The number of anilines is 1. The standard InChI is InChI=1S/C21H21F3N4O/c1-29-18-4-2-3-15(13-18)9-12-28-20-10-11-27(14-19(20)25-26-28)17-7-5-16(6-8-17)21(22,23)24/h2-8,13H,9-12,14H2,1H3. The molecule has 8 heteroatoms. The summed E-state index contributed by atoms with van der Waals surface area (Å²) in [7, 11) is 1.65. The van der Waals surface area contributed by atoms with Crippen molar-refractivity contribution in [1.29, 1.82) is 0 Å². The number of ether oxygens (including phenoxy) is 1. The fraction of sp³-hybridized carbons (Fsp3) is 0.333. The van der Waals surface area contributed by atoms with Gasteiger partial charge in [-0.25, -0.2) is 4.68 Å². The average molecular weight is 402 g/mol. The molecular weight excluding hydrogens is 381 g/mol. The first-order valence-corrected chi connectivity index (χ1v) is 9.40. The molecular formula is C21H21F3N4O. The van der Waals surface area contributed by atoms with Crippen LogP contribution in [0, 0.1) is 0 Å². The summed E-state index contributed by atoms with van der Waals surface area (Å²) in [6.07, 6.45) is -2.75. The van der Waals surface area contributed by atoms with Crippen molar-refractivity contribution >= 4 is 5.69 Å². The molecule has 2 aromatic carbocycles. The first kappa shape index (κ1) is 19.3. The maximum absolute atomic E-state index is 12.8. The molecule has 0 radical (unpaired) electrons. The van der Waals surface area contributed by atoms with Crippen LogP contribution in [0.3, 0.4) is 0 Å². The number of hydrogen-bond donors (Lipinski definition) is 0. The largest absolute Gasteiger partial charge is 0.497 e. The van der Waals surface area contributed by atoms with Gasteiger partial charge in [-0.15, -0.1) is 5.10 Å². The molecule has 1 aliphatic rings. The molecule has 0 fully saturated rings. The number of nitrogens with zero attached hydrogens (tertiary/aromatic N) is 4. The molecule has 1 aliphatic heterocycles. The minimum absolute atomic E-state index is 0.542. The second kappa shape index (κ2) is 7.77. The van der Waals surface area contributed by atoms with Crippen molar-refractivity contribution in [2.45, 2.75) is 32.1 Å². The van der Waals surface area contributed by atoms with Crippen molar-refractivity contribution in [3.05, 3.63) is 71.0 Å². The first-order valence-electron chi connectivity index (χ1n) is 9.40. The van der Waals surface area contributed by atoms with Crippen LogP contribution in [0.25, 0.3) is 0 Å². The normalized spacial score (nSPS) is 14.0. The molecule has 0 aliphatic carbocycles. The molecule has 152 valence electrons. The summed E-state index contributed by atoms with van der Waals surface area (Å²) in [6.45, 7) is 1.97. The summed E-state index contributed by atoms with van der Waals surface area (Å²) in [6, 6.07) is 13.2. The Morgan fingerprint density at radius 3 is 2.62 bits per heavy atom. The van der Waals surface area contributed by atoms with Crippen molar-refractivity contribution in [2.75, 3.05) is 18.6 Å². The highest BCUT2D eigenvalue weighted by Gasteiger charge is 2.30. The van der Waals surface area contributed by atoms with Crippen LogP contribution in [-0.2, 0) is 32.1 Å². The number of hydrogen-bond acceptors (Lipinski definition) is 4. The van der Waals surface area contributed by atoms with Gasteiger partial charge in [-0.3, -0.25) is 0 Å². The van der Waals surface area contributed by atoms with Crippen LogP contribution in [-0.4, -0.2) is 28.6 Å². The van der Waals surface area contributed by atoms with Crippen molar-refractivity contribution in [1.82, 2.24) is 15.0 Å². The SMILES string of the molecule is COc1cccc(CCn2nnc3c2CCN(c2ccc(C(F)(F)F)cc2)C3)c1. The number of methoxy groups -OCH3 is 1. The van der Waals surface area contributed by atoms with Crippen LogP contribution >= 0.6 is 0 Å². The van der Waals surface area contributed by atoms with E-state index in [2.05, 4.69) is 16.4 Å². The molecule has 0 unspecified atom stereocenters. The highest BCUT2D eigenvalue weighted by molar-refractivity contribution is 5.49. The third-order valence-electron chi connectivity index (χ3n) is 5.18. The molecule has 0 atom stereocenters. The van der Waals surface area contributed by atoms with E-state index in [1.54, 1.807) is 7.11 Å². The van der Waals surface area contributed by atoms with Crippen molar-refractivity contribution in [3.63, 3.8) is 0 Å². The van der Waals surface area contributed by atoms with Crippen LogP contribution in [0.4, 0.5) is 18.9 Å². The Morgan fingerprint density at radius 2 is 1.90 bits per heavy atom. The number of fused-ring (bicyclic) bond motifs is 1. The van der Waals surface area contributed by atoms with Gasteiger partial charge in [0.1, 0.15) is 11.4 Å². The minimum Gasteiger partial charge on any atom is -0.497 e. The molecule has 5 nitrogen and oxygen atoms in total. The van der Waals surface area contributed by atoms with Crippen LogP contribution in [0.2, 0.25) is 0 Å². The summed E-state index contributed by atoms with van der Waals surface area (Å²) < 4.78 is 45.5. The fourth-order valence-electron chi connectivity index (χ4n) is 3.59. The van der Waals surface area contributed by atoms with E-state index >= 15 is 0 Å². The molecule has 3 aromatic rings. The number of rotatable bonds is 5. The Labute approximate surface area is 166 Å². The fourth-order valence-corrected chi connectivity index (χ4v) is 3.59. The van der Waals surface area contributed by atoms with Crippen molar-refractivity contribution < 1.29 is 17.9 Å². The molecule has 0 saturated heterocycles. The monoisotopic (exact) mass is 402 g/mol. The van der Waals surface area contributed by atoms with Crippen molar-refractivity contribution in [2.24, 2.45) is 0 Å². The Morgan fingerprint density at radius 1 is 1.10 bits per heavy atom. The van der Waals surface area contributed by atoms with E-state index in [0.29, 0.717) is 13.1 Å². The van der Waals surface area contributed by atoms with E-state index in [0.717, 1.165) is 59.9 Å². The molecule has 29 heavy (non-hydrogen) atoms. The maximum Gasteiger partial charge on any atom is 0.416 e. The molecule has 0 spiro atoms. The Kier molecular flexibility index (Phi) is 5.17. The second-order valence-electron chi connectivity index (χ2n) is 7.02. The van der Waals surface area contributed by atoms with E-state index < -0.39 is 11.7 Å². The summed E-state index contributed by atoms with van der Waals surface area (Å²) in [4.78, 5) is 2.03. The van der Waals surface area contributed by atoms with Gasteiger partial charge in [-0.1, -0.05) is 17.3 Å². The Balaban J connectivity index is 1.43. The first-order chi connectivity index (χ1) is 13.9. The number of halogens is 3. The van der Waals surface area contributed by atoms with Gasteiger partial charge in [0.2, 0.25) is 0 Å². The summed E-state index contributed by atoms with van der Waals surface area (Å²) in [5, 5.41) is 8.59. The summed E-state index contributed by atoms with van der Waals surface area (Å²) in [5.41, 5.74) is 3.26. The molecule has 0 saturated carbocycles. The maximum atomic E-state index is 12.8. The van der Waals surface area contributed by atoms with Crippen LogP contribution in [0.15, 0.2) is 48.5 Å². The number of benzene rings is 2. The second-order valence-corrected chi connectivity index (χ2v) is 7.02. The third-order valence-corrected chi connectivity index (χ3v) is 5.18. The van der Waals surface area contributed by atoms with Crippen LogP contribution in [0.5, 0.6) is 5.75 Å². The number of aromatic nitrogens is 3. The molecule has 0 bridgehead atoms. The lowest BCUT2D eigenvalue weighted by Crippen LogP contribution is -2.31. The summed E-state index contributed by atoms with van der Waals surface area (Å²) in [5.74, 6) is 0.829. The van der Waals surface area contributed by atoms with Gasteiger partial charge in [0.05, 0.1) is 24.9 Å². The van der Waals surface area contributed by atoms with Gasteiger partial charge < -0.3 is 9.64 Å². The van der Waals surface area contributed by atoms with E-state index in [4.69, 9.17) is 4.74 Å². The smallest absolute Gasteiger partial charge is 0.416 e. The predicted molar refractivity (Wildman–Crippen MR) is 103 cm³/mol. The van der Waals surface area contributed by atoms with E-state index in [1.807, 2.05) is 27.8 Å². The third kappa shape index (κ3) is 4.21. The van der Waals surface area contributed by atoms with Crippen molar-refractivity contribution in [3.8, 4) is 5.75 Å². The van der Waals surface area contributed by atoms with Gasteiger partial charge in [-0.2, -0.15) is 13.2 Å². The van der Waals surface area contributed by atoms with Gasteiger partial charge >= 0.3 is 6.18 Å². The molecule has 0 N–H and O–H groups in total. The zero-order valence-electron chi connectivity index (χ0n) is 16.0. The lowest BCUT2D eigenvalue weighted by molar-refractivity contribution is -0.137. The summed E-state index contributed by atoms with van der Waals surface area (Å²) >= 11 is 0. The molecule has 4 rings (SSSR count). The lowest BCUT2D eigenvalue weighted by Gasteiger charge is -2.28. The van der Waals surface area contributed by atoms with E-state index in [9.17, 15) is 13.2 Å². The zero-order chi connectivity index (χ0) is 20.4. The predicted octanol–water partition coefficient (Wildman–Crippen LogP) is 4.11. The highest BCUT2D eigenvalue weighted by Crippen LogP contribution is 2.31. The van der Waals surface area contributed by atoms with E-state index in [-0.39, 0.29) is 0 Å². The minimum atomic E-state index is -4.32. The topological polar surface area (TPSA) is 43.2 Å². The molecule has 2 heterocycles.